The molecule has 5 nitrogen and oxygen atoms in total. The number of fused-ring (bicyclic) bond motifs is 1. The lowest BCUT2D eigenvalue weighted by atomic mass is 10.3. The van der Waals surface area contributed by atoms with E-state index in [1.807, 2.05) is 18.5 Å². The van der Waals surface area contributed by atoms with Gasteiger partial charge in [0.2, 0.25) is 0 Å². The van der Waals surface area contributed by atoms with E-state index in [-0.39, 0.29) is 11.6 Å². The van der Waals surface area contributed by atoms with Crippen molar-refractivity contribution in [2.75, 3.05) is 5.73 Å². The molecule has 0 saturated carbocycles. The number of nitrogens with zero attached hydrogens (tertiary/aromatic N) is 3. The van der Waals surface area contributed by atoms with Gasteiger partial charge in [0.1, 0.15) is 5.82 Å². The average molecular weight is 232 g/mol. The summed E-state index contributed by atoms with van der Waals surface area (Å²) < 4.78 is 3.49. The SMILES string of the molecule is C=CCn1c(=O)c2ccc(N)nc2n1C(C)C. The maximum absolute atomic E-state index is 12.2. The van der Waals surface area contributed by atoms with Crippen molar-refractivity contribution in [2.24, 2.45) is 0 Å². The Kier molecular flexibility index (Phi) is 2.75. The van der Waals surface area contributed by atoms with Gasteiger partial charge in [-0.1, -0.05) is 6.08 Å². The van der Waals surface area contributed by atoms with Crippen LogP contribution >= 0.6 is 0 Å². The van der Waals surface area contributed by atoms with Gasteiger partial charge in [0.25, 0.3) is 5.56 Å². The summed E-state index contributed by atoms with van der Waals surface area (Å²) in [5, 5.41) is 0.592. The predicted octanol–water partition coefficient (Wildman–Crippen LogP) is 1.55. The first-order valence-corrected chi connectivity index (χ1v) is 5.54. The zero-order valence-electron chi connectivity index (χ0n) is 10.1. The minimum absolute atomic E-state index is 0.0545. The van der Waals surface area contributed by atoms with Gasteiger partial charge in [-0.3, -0.25) is 9.48 Å². The zero-order valence-corrected chi connectivity index (χ0v) is 10.1. The second kappa shape index (κ2) is 4.08. The monoisotopic (exact) mass is 232 g/mol. The molecule has 2 aromatic rings. The van der Waals surface area contributed by atoms with Gasteiger partial charge >= 0.3 is 0 Å². The van der Waals surface area contributed by atoms with E-state index in [0.29, 0.717) is 23.4 Å². The summed E-state index contributed by atoms with van der Waals surface area (Å²) in [4.78, 5) is 16.4. The van der Waals surface area contributed by atoms with E-state index in [4.69, 9.17) is 5.73 Å². The van der Waals surface area contributed by atoms with Crippen molar-refractivity contribution in [1.82, 2.24) is 14.3 Å². The first-order valence-electron chi connectivity index (χ1n) is 5.54. The van der Waals surface area contributed by atoms with Crippen LogP contribution in [0.4, 0.5) is 5.82 Å². The van der Waals surface area contributed by atoms with E-state index < -0.39 is 0 Å². The third-order valence-corrected chi connectivity index (χ3v) is 2.63. The highest BCUT2D eigenvalue weighted by molar-refractivity contribution is 5.76. The van der Waals surface area contributed by atoms with E-state index in [0.717, 1.165) is 0 Å². The number of allylic oxidation sites excluding steroid dienone is 1. The molecule has 0 aromatic carbocycles. The van der Waals surface area contributed by atoms with Gasteiger partial charge in [0.15, 0.2) is 5.65 Å². The van der Waals surface area contributed by atoms with Crippen LogP contribution in [0.15, 0.2) is 29.6 Å². The normalized spacial score (nSPS) is 11.2. The molecule has 0 atom stereocenters. The van der Waals surface area contributed by atoms with Gasteiger partial charge in [-0.15, -0.1) is 6.58 Å². The lowest BCUT2D eigenvalue weighted by Gasteiger charge is -2.14. The Morgan fingerprint density at radius 3 is 2.82 bits per heavy atom. The number of nitrogens with two attached hydrogens (primary N) is 1. The first kappa shape index (κ1) is 11.4. The van der Waals surface area contributed by atoms with E-state index >= 15 is 0 Å². The molecular weight excluding hydrogens is 216 g/mol. The Hall–Kier alpha value is -2.04. The van der Waals surface area contributed by atoms with Crippen molar-refractivity contribution in [3.05, 3.63) is 35.1 Å². The molecular formula is C12H16N4O. The molecule has 0 bridgehead atoms. The number of aromatic nitrogens is 3. The fourth-order valence-corrected chi connectivity index (χ4v) is 1.97. The Bertz CT molecular complexity index is 621. The van der Waals surface area contributed by atoms with Crippen molar-refractivity contribution in [3.63, 3.8) is 0 Å². The lowest BCUT2D eigenvalue weighted by Crippen LogP contribution is -2.23. The number of hydrogen-bond donors (Lipinski definition) is 1. The van der Waals surface area contributed by atoms with Crippen LogP contribution in [0.5, 0.6) is 0 Å². The summed E-state index contributed by atoms with van der Waals surface area (Å²) >= 11 is 0. The summed E-state index contributed by atoms with van der Waals surface area (Å²) in [6.45, 7) is 8.14. The van der Waals surface area contributed by atoms with Gasteiger partial charge in [0.05, 0.1) is 11.9 Å². The minimum atomic E-state index is -0.0545. The van der Waals surface area contributed by atoms with Crippen molar-refractivity contribution >= 4 is 16.9 Å². The quantitative estimate of drug-likeness (QED) is 0.816. The summed E-state index contributed by atoms with van der Waals surface area (Å²) in [6.07, 6.45) is 1.70. The summed E-state index contributed by atoms with van der Waals surface area (Å²) in [5.41, 5.74) is 6.25. The van der Waals surface area contributed by atoms with E-state index in [9.17, 15) is 4.79 Å². The molecule has 17 heavy (non-hydrogen) atoms. The molecule has 0 saturated heterocycles. The third-order valence-electron chi connectivity index (χ3n) is 2.63. The standard InChI is InChI=1S/C12H16N4O/c1-4-7-15-12(17)9-5-6-10(13)14-11(9)16(15)8(2)3/h4-6,8H,1,7H2,2-3H3,(H2,13,14). The Labute approximate surface area is 99.2 Å². The topological polar surface area (TPSA) is 65.8 Å². The summed E-state index contributed by atoms with van der Waals surface area (Å²) in [7, 11) is 0. The molecule has 0 aliphatic heterocycles. The number of nitrogen functional groups attached to an aromatic ring is 1. The van der Waals surface area contributed by atoms with E-state index in [2.05, 4.69) is 11.6 Å². The second-order valence-electron chi connectivity index (χ2n) is 4.22. The average Bonchev–Trinajstić information content (AvgIpc) is 2.52. The van der Waals surface area contributed by atoms with Crippen LogP contribution in [-0.2, 0) is 6.54 Å². The number of rotatable bonds is 3. The lowest BCUT2D eigenvalue weighted by molar-refractivity contribution is 0.436. The molecule has 0 amide bonds. The summed E-state index contributed by atoms with van der Waals surface area (Å²) in [5.74, 6) is 0.419. The van der Waals surface area contributed by atoms with Crippen molar-refractivity contribution in [3.8, 4) is 0 Å². The molecule has 0 fully saturated rings. The molecule has 2 heterocycles. The molecule has 5 heteroatoms. The van der Waals surface area contributed by atoms with Gasteiger partial charge in [-0.25, -0.2) is 9.67 Å². The Morgan fingerprint density at radius 2 is 2.24 bits per heavy atom. The van der Waals surface area contributed by atoms with Crippen LogP contribution in [-0.4, -0.2) is 14.3 Å². The number of anilines is 1. The highest BCUT2D eigenvalue weighted by atomic mass is 16.1. The van der Waals surface area contributed by atoms with Crippen LogP contribution in [0.2, 0.25) is 0 Å². The highest BCUT2D eigenvalue weighted by Gasteiger charge is 2.15. The van der Waals surface area contributed by atoms with Crippen LogP contribution in [0.1, 0.15) is 19.9 Å². The molecule has 90 valence electrons. The summed E-state index contributed by atoms with van der Waals surface area (Å²) in [6, 6.07) is 3.50. The molecule has 0 aliphatic carbocycles. The van der Waals surface area contributed by atoms with Gasteiger partial charge in [-0.05, 0) is 26.0 Å². The largest absolute Gasteiger partial charge is 0.384 e. The molecule has 0 radical (unpaired) electrons. The predicted molar refractivity (Wildman–Crippen MR) is 69.0 cm³/mol. The van der Waals surface area contributed by atoms with Crippen molar-refractivity contribution in [1.29, 1.82) is 0 Å². The molecule has 2 aromatic heterocycles. The van der Waals surface area contributed by atoms with Gasteiger partial charge in [-0.2, -0.15) is 0 Å². The maximum Gasteiger partial charge on any atom is 0.276 e. The Balaban J connectivity index is 2.88. The molecule has 2 rings (SSSR count). The number of pyridine rings is 1. The minimum Gasteiger partial charge on any atom is -0.384 e. The van der Waals surface area contributed by atoms with Crippen LogP contribution < -0.4 is 11.3 Å². The van der Waals surface area contributed by atoms with E-state index in [1.54, 1.807) is 22.9 Å². The van der Waals surface area contributed by atoms with Crippen molar-refractivity contribution < 1.29 is 0 Å². The first-order chi connectivity index (χ1) is 8.06. The highest BCUT2D eigenvalue weighted by Crippen LogP contribution is 2.16. The third kappa shape index (κ3) is 1.73. The zero-order chi connectivity index (χ0) is 12.6. The molecule has 0 unspecified atom stereocenters. The van der Waals surface area contributed by atoms with Crippen LogP contribution in [0.25, 0.3) is 11.0 Å². The maximum atomic E-state index is 12.2. The van der Waals surface area contributed by atoms with Crippen molar-refractivity contribution in [2.45, 2.75) is 26.4 Å². The molecule has 2 N–H and O–H groups in total. The molecule has 0 spiro atoms. The fourth-order valence-electron chi connectivity index (χ4n) is 1.97. The second-order valence-corrected chi connectivity index (χ2v) is 4.22. The number of hydrogen-bond acceptors (Lipinski definition) is 3. The van der Waals surface area contributed by atoms with Crippen LogP contribution in [0, 0.1) is 0 Å². The Morgan fingerprint density at radius 1 is 1.53 bits per heavy atom. The van der Waals surface area contributed by atoms with E-state index in [1.165, 1.54) is 0 Å². The fraction of sp³-hybridized carbons (Fsp3) is 0.333. The molecule has 0 aliphatic rings. The van der Waals surface area contributed by atoms with Gasteiger partial charge < -0.3 is 5.73 Å². The van der Waals surface area contributed by atoms with Crippen LogP contribution in [0.3, 0.4) is 0 Å². The van der Waals surface area contributed by atoms with Gasteiger partial charge in [0, 0.05) is 6.04 Å². The smallest absolute Gasteiger partial charge is 0.276 e.